The topological polar surface area (TPSA) is 40.5 Å². The first-order chi connectivity index (χ1) is 7.68. The lowest BCUT2D eigenvalue weighted by Crippen LogP contribution is -2.37. The van der Waals surface area contributed by atoms with Gasteiger partial charge in [0.15, 0.2) is 0 Å². The molecule has 0 aromatic heterocycles. The van der Waals surface area contributed by atoms with Gasteiger partial charge >= 0.3 is 0 Å². The highest BCUT2D eigenvalue weighted by atomic mass is 16.3. The number of rotatable bonds is 3. The van der Waals surface area contributed by atoms with Gasteiger partial charge in [0.05, 0.1) is 5.41 Å². The molecule has 1 saturated carbocycles. The number of likely N-dealkylation sites (tertiary alicyclic amines) is 1. The van der Waals surface area contributed by atoms with Crippen molar-refractivity contribution in [1.29, 1.82) is 0 Å². The number of amides is 1. The number of nitrogens with zero attached hydrogens (tertiary/aromatic N) is 1. The second kappa shape index (κ2) is 4.74. The van der Waals surface area contributed by atoms with Crippen molar-refractivity contribution in [1.82, 2.24) is 4.90 Å². The predicted octanol–water partition coefficient (Wildman–Crippen LogP) is 1.80. The normalized spacial score (nSPS) is 35.0. The molecule has 16 heavy (non-hydrogen) atoms. The fourth-order valence-corrected chi connectivity index (χ4v) is 3.15. The largest absolute Gasteiger partial charge is 0.396 e. The van der Waals surface area contributed by atoms with Crippen LogP contribution < -0.4 is 0 Å². The van der Waals surface area contributed by atoms with E-state index in [1.807, 2.05) is 4.90 Å². The molecule has 0 radical (unpaired) electrons. The third-order valence-corrected chi connectivity index (χ3v) is 4.42. The molecule has 2 fully saturated rings. The summed E-state index contributed by atoms with van der Waals surface area (Å²) in [5, 5.41) is 8.81. The smallest absolute Gasteiger partial charge is 0.228 e. The quantitative estimate of drug-likeness (QED) is 0.795. The van der Waals surface area contributed by atoms with E-state index in [1.54, 1.807) is 0 Å². The van der Waals surface area contributed by atoms with Crippen LogP contribution in [0.15, 0.2) is 0 Å². The van der Waals surface area contributed by atoms with E-state index in [0.717, 1.165) is 44.7 Å². The van der Waals surface area contributed by atoms with Crippen molar-refractivity contribution in [2.45, 2.75) is 45.4 Å². The summed E-state index contributed by atoms with van der Waals surface area (Å²) < 4.78 is 0. The van der Waals surface area contributed by atoms with Crippen molar-refractivity contribution in [3.8, 4) is 0 Å². The number of hydrogen-bond acceptors (Lipinski definition) is 2. The van der Waals surface area contributed by atoms with Gasteiger partial charge in [-0.05, 0) is 44.4 Å². The molecule has 1 saturated heterocycles. The summed E-state index contributed by atoms with van der Waals surface area (Å²) in [4.78, 5) is 14.3. The zero-order valence-electron chi connectivity index (χ0n) is 10.2. The van der Waals surface area contributed by atoms with Crippen LogP contribution in [0.2, 0.25) is 0 Å². The molecule has 0 unspecified atom stereocenters. The van der Waals surface area contributed by atoms with Crippen molar-refractivity contribution in [2.75, 3.05) is 19.7 Å². The van der Waals surface area contributed by atoms with Gasteiger partial charge in [0.25, 0.3) is 0 Å². The Morgan fingerprint density at radius 3 is 2.69 bits per heavy atom. The van der Waals surface area contributed by atoms with Gasteiger partial charge in [-0.3, -0.25) is 4.79 Å². The van der Waals surface area contributed by atoms with E-state index in [2.05, 4.69) is 6.92 Å². The maximum Gasteiger partial charge on any atom is 0.228 e. The molecular weight excluding hydrogens is 202 g/mol. The van der Waals surface area contributed by atoms with Crippen LogP contribution in [-0.4, -0.2) is 35.6 Å². The first kappa shape index (κ1) is 11.9. The Morgan fingerprint density at radius 1 is 1.38 bits per heavy atom. The number of hydrogen-bond donors (Lipinski definition) is 1. The molecule has 1 spiro atoms. The Hall–Kier alpha value is -0.570. The molecule has 3 heteroatoms. The summed E-state index contributed by atoms with van der Waals surface area (Å²) >= 11 is 0. The fraction of sp³-hybridized carbons (Fsp3) is 0.923. The monoisotopic (exact) mass is 225 g/mol. The zero-order chi connectivity index (χ0) is 11.6. The highest BCUT2D eigenvalue weighted by Gasteiger charge is 2.47. The number of aliphatic hydroxyl groups excluding tert-OH is 1. The van der Waals surface area contributed by atoms with Gasteiger partial charge in [0.1, 0.15) is 0 Å². The molecule has 92 valence electrons. The van der Waals surface area contributed by atoms with E-state index >= 15 is 0 Å². The Kier molecular flexibility index (Phi) is 3.53. The van der Waals surface area contributed by atoms with Gasteiger partial charge < -0.3 is 10.0 Å². The Balaban J connectivity index is 1.95. The zero-order valence-corrected chi connectivity index (χ0v) is 10.2. The third-order valence-electron chi connectivity index (χ3n) is 4.42. The molecule has 1 heterocycles. The Morgan fingerprint density at radius 2 is 2.06 bits per heavy atom. The van der Waals surface area contributed by atoms with Gasteiger partial charge in [0, 0.05) is 19.7 Å². The molecular formula is C13H23NO2. The molecule has 1 aliphatic heterocycles. The minimum Gasteiger partial charge on any atom is -0.396 e. The van der Waals surface area contributed by atoms with Crippen LogP contribution in [0.3, 0.4) is 0 Å². The lowest BCUT2D eigenvalue weighted by Gasteiger charge is -2.34. The highest BCUT2D eigenvalue weighted by molar-refractivity contribution is 5.84. The van der Waals surface area contributed by atoms with Crippen molar-refractivity contribution in [2.24, 2.45) is 11.3 Å². The van der Waals surface area contributed by atoms with E-state index in [1.165, 1.54) is 12.8 Å². The minimum absolute atomic E-state index is 0.0119. The summed E-state index contributed by atoms with van der Waals surface area (Å²) in [6, 6.07) is 0. The summed E-state index contributed by atoms with van der Waals surface area (Å²) in [7, 11) is 0. The van der Waals surface area contributed by atoms with Gasteiger partial charge in [-0.15, -0.1) is 0 Å². The average molecular weight is 225 g/mol. The standard InChI is InChI=1S/C13H23NO2/c1-11-3-5-13(6-4-11)7-9-14(12(13)16)8-2-10-15/h11,15H,2-10H2,1H3. The van der Waals surface area contributed by atoms with E-state index in [-0.39, 0.29) is 12.0 Å². The molecule has 1 N–H and O–H groups in total. The van der Waals surface area contributed by atoms with Crippen molar-refractivity contribution in [3.63, 3.8) is 0 Å². The van der Waals surface area contributed by atoms with Crippen LogP contribution in [0.5, 0.6) is 0 Å². The van der Waals surface area contributed by atoms with Gasteiger partial charge in [-0.2, -0.15) is 0 Å². The van der Waals surface area contributed by atoms with Crippen molar-refractivity contribution in [3.05, 3.63) is 0 Å². The SMILES string of the molecule is CC1CCC2(CC1)CCN(CCCO)C2=O. The fourth-order valence-electron chi connectivity index (χ4n) is 3.15. The first-order valence-electron chi connectivity index (χ1n) is 6.58. The molecule has 2 rings (SSSR count). The van der Waals surface area contributed by atoms with Crippen LogP contribution in [0.4, 0.5) is 0 Å². The van der Waals surface area contributed by atoms with Gasteiger partial charge in [-0.1, -0.05) is 6.92 Å². The molecule has 0 aromatic rings. The van der Waals surface area contributed by atoms with Crippen LogP contribution in [0, 0.1) is 11.3 Å². The third kappa shape index (κ3) is 2.10. The second-order valence-corrected chi connectivity index (χ2v) is 5.58. The number of carbonyl (C=O) groups is 1. The lowest BCUT2D eigenvalue weighted by molar-refractivity contribution is -0.138. The lowest BCUT2D eigenvalue weighted by atomic mass is 9.70. The van der Waals surface area contributed by atoms with Gasteiger partial charge in [0.2, 0.25) is 5.91 Å². The summed E-state index contributed by atoms with van der Waals surface area (Å²) in [6.07, 6.45) is 6.35. The van der Waals surface area contributed by atoms with E-state index in [4.69, 9.17) is 5.11 Å². The van der Waals surface area contributed by atoms with E-state index < -0.39 is 0 Å². The second-order valence-electron chi connectivity index (χ2n) is 5.58. The molecule has 3 nitrogen and oxygen atoms in total. The molecule has 1 amide bonds. The van der Waals surface area contributed by atoms with Crippen LogP contribution >= 0.6 is 0 Å². The molecule has 0 atom stereocenters. The van der Waals surface area contributed by atoms with Crippen LogP contribution in [0.1, 0.15) is 45.4 Å². The van der Waals surface area contributed by atoms with Crippen molar-refractivity contribution < 1.29 is 9.90 Å². The Labute approximate surface area is 97.8 Å². The molecule has 2 aliphatic rings. The van der Waals surface area contributed by atoms with E-state index in [0.29, 0.717) is 5.91 Å². The summed E-state index contributed by atoms with van der Waals surface area (Å²) in [5.41, 5.74) is -0.0119. The number of carbonyl (C=O) groups excluding carboxylic acids is 1. The molecule has 1 aliphatic carbocycles. The predicted molar refractivity (Wildman–Crippen MR) is 63.0 cm³/mol. The Bertz CT molecular complexity index is 257. The van der Waals surface area contributed by atoms with Crippen molar-refractivity contribution >= 4 is 5.91 Å². The first-order valence-corrected chi connectivity index (χ1v) is 6.58. The van der Waals surface area contributed by atoms with Crippen LogP contribution in [-0.2, 0) is 4.79 Å². The maximum atomic E-state index is 12.3. The van der Waals surface area contributed by atoms with Crippen LogP contribution in [0.25, 0.3) is 0 Å². The van der Waals surface area contributed by atoms with E-state index in [9.17, 15) is 4.79 Å². The molecule has 0 aromatic carbocycles. The van der Waals surface area contributed by atoms with Gasteiger partial charge in [-0.25, -0.2) is 0 Å². The maximum absolute atomic E-state index is 12.3. The minimum atomic E-state index is -0.0119. The number of aliphatic hydroxyl groups is 1. The molecule has 0 bridgehead atoms. The highest BCUT2D eigenvalue weighted by Crippen LogP contribution is 2.46. The summed E-state index contributed by atoms with van der Waals surface area (Å²) in [6.45, 7) is 4.13. The summed E-state index contributed by atoms with van der Waals surface area (Å²) in [5.74, 6) is 1.16. The average Bonchev–Trinajstić information content (AvgIpc) is 2.59.